The van der Waals surface area contributed by atoms with Crippen LogP contribution in [0.2, 0.25) is 0 Å². The summed E-state index contributed by atoms with van der Waals surface area (Å²) in [5.74, 6) is 0. The zero-order valence-electron chi connectivity index (χ0n) is 16.0. The highest BCUT2D eigenvalue weighted by atomic mass is 32.2. The number of halogens is 1. The van der Waals surface area contributed by atoms with Crippen LogP contribution in [0.15, 0.2) is 71.6 Å². The van der Waals surface area contributed by atoms with Gasteiger partial charge in [-0.3, -0.25) is 4.79 Å². The zero-order valence-corrected chi connectivity index (χ0v) is 17.6. The monoisotopic (exact) mass is 426 g/mol. The van der Waals surface area contributed by atoms with E-state index in [1.807, 2.05) is 42.5 Å². The third-order valence-electron chi connectivity index (χ3n) is 5.17. The van der Waals surface area contributed by atoms with Gasteiger partial charge in [0, 0.05) is 11.8 Å². The number of hydrogen-bond acceptors (Lipinski definition) is 4. The second kappa shape index (κ2) is 7.11. The molecule has 0 saturated heterocycles. The predicted molar refractivity (Wildman–Crippen MR) is 117 cm³/mol. The highest BCUT2D eigenvalue weighted by Crippen LogP contribution is 2.52. The van der Waals surface area contributed by atoms with Crippen LogP contribution in [0.25, 0.3) is 21.9 Å². The number of thioether (sulfide) groups is 1. The quantitative estimate of drug-likeness (QED) is 0.579. The smallest absolute Gasteiger partial charge is 0.221 e. The molecular formula is C23H19FO3S2. The molecule has 0 aliphatic carbocycles. The summed E-state index contributed by atoms with van der Waals surface area (Å²) in [6.45, 7) is 1.01. The van der Waals surface area contributed by atoms with E-state index in [1.54, 1.807) is 19.1 Å². The van der Waals surface area contributed by atoms with Crippen LogP contribution >= 0.6 is 11.8 Å². The van der Waals surface area contributed by atoms with E-state index < -0.39 is 21.3 Å². The summed E-state index contributed by atoms with van der Waals surface area (Å²) in [7, 11) is -3.34. The lowest BCUT2D eigenvalue weighted by molar-refractivity contribution is -0.106. The molecule has 0 radical (unpaired) electrons. The standard InChI is InChI=1S/C23H19FO3S2/c1-23(14-24)21(16-9-11-19(12-10-16)29(2,26)27)20(22(25)28-23)18-8-7-15-5-3-4-6-17(15)13-18/h3-13H,14H2,1-2H3. The van der Waals surface area contributed by atoms with Crippen molar-refractivity contribution in [3.63, 3.8) is 0 Å². The maximum atomic E-state index is 14.1. The van der Waals surface area contributed by atoms with Crippen LogP contribution in [0.4, 0.5) is 4.39 Å². The molecule has 29 heavy (non-hydrogen) atoms. The molecule has 0 saturated carbocycles. The fourth-order valence-corrected chi connectivity index (χ4v) is 5.43. The van der Waals surface area contributed by atoms with Crippen molar-refractivity contribution in [2.24, 2.45) is 0 Å². The molecule has 3 aromatic carbocycles. The first-order valence-corrected chi connectivity index (χ1v) is 11.8. The molecule has 6 heteroatoms. The van der Waals surface area contributed by atoms with Gasteiger partial charge in [-0.1, -0.05) is 60.3 Å². The van der Waals surface area contributed by atoms with Crippen molar-refractivity contribution in [1.29, 1.82) is 0 Å². The molecule has 0 amide bonds. The second-order valence-corrected chi connectivity index (χ2v) is 10.9. The van der Waals surface area contributed by atoms with Crippen LogP contribution in [-0.2, 0) is 14.6 Å². The number of carbonyl (C=O) groups is 1. The molecule has 1 aliphatic heterocycles. The van der Waals surface area contributed by atoms with E-state index in [0.717, 1.165) is 34.4 Å². The first-order valence-electron chi connectivity index (χ1n) is 9.07. The Morgan fingerprint density at radius 2 is 1.55 bits per heavy atom. The van der Waals surface area contributed by atoms with E-state index in [1.165, 1.54) is 12.1 Å². The summed E-state index contributed by atoms with van der Waals surface area (Å²) >= 11 is 0.983. The molecule has 3 nitrogen and oxygen atoms in total. The number of hydrogen-bond donors (Lipinski definition) is 0. The maximum Gasteiger partial charge on any atom is 0.221 e. The molecule has 0 N–H and O–H groups in total. The van der Waals surface area contributed by atoms with Crippen molar-refractivity contribution in [2.75, 3.05) is 12.9 Å². The highest BCUT2D eigenvalue weighted by Gasteiger charge is 2.44. The molecule has 0 fully saturated rings. The Balaban J connectivity index is 1.95. The van der Waals surface area contributed by atoms with Gasteiger partial charge >= 0.3 is 0 Å². The van der Waals surface area contributed by atoms with E-state index in [4.69, 9.17) is 0 Å². The van der Waals surface area contributed by atoms with Gasteiger partial charge in [0.05, 0.1) is 9.64 Å². The average molecular weight is 427 g/mol. The van der Waals surface area contributed by atoms with Crippen molar-refractivity contribution in [3.8, 4) is 0 Å². The van der Waals surface area contributed by atoms with Crippen LogP contribution < -0.4 is 0 Å². The van der Waals surface area contributed by atoms with Gasteiger partial charge in [0.2, 0.25) is 5.12 Å². The minimum atomic E-state index is -3.34. The van der Waals surface area contributed by atoms with Crippen LogP contribution in [0.5, 0.6) is 0 Å². The van der Waals surface area contributed by atoms with Crippen molar-refractivity contribution >= 4 is 48.6 Å². The Kier molecular flexibility index (Phi) is 4.87. The SMILES string of the molecule is CC1(CF)SC(=O)C(c2ccc3ccccc3c2)=C1c1ccc(S(C)(=O)=O)cc1. The largest absolute Gasteiger partial charge is 0.282 e. The van der Waals surface area contributed by atoms with Crippen LogP contribution in [0.1, 0.15) is 18.1 Å². The molecule has 0 bridgehead atoms. The van der Waals surface area contributed by atoms with E-state index >= 15 is 0 Å². The number of carbonyl (C=O) groups excluding carboxylic acids is 1. The Morgan fingerprint density at radius 1 is 0.931 bits per heavy atom. The number of rotatable bonds is 4. The fraction of sp³-hybridized carbons (Fsp3) is 0.174. The van der Waals surface area contributed by atoms with Crippen molar-refractivity contribution in [2.45, 2.75) is 16.6 Å². The molecule has 3 aromatic rings. The molecule has 4 rings (SSSR count). The topological polar surface area (TPSA) is 51.2 Å². The van der Waals surface area contributed by atoms with Gasteiger partial charge < -0.3 is 0 Å². The first-order chi connectivity index (χ1) is 13.7. The van der Waals surface area contributed by atoms with Crippen LogP contribution in [-0.4, -0.2) is 31.2 Å². The fourth-order valence-electron chi connectivity index (χ4n) is 3.69. The number of alkyl halides is 1. The molecular weight excluding hydrogens is 407 g/mol. The summed E-state index contributed by atoms with van der Waals surface area (Å²) in [6.07, 6.45) is 1.14. The summed E-state index contributed by atoms with van der Waals surface area (Å²) < 4.78 is 36.6. The minimum Gasteiger partial charge on any atom is -0.282 e. The highest BCUT2D eigenvalue weighted by molar-refractivity contribution is 8.17. The average Bonchev–Trinajstić information content (AvgIpc) is 2.98. The maximum absolute atomic E-state index is 14.1. The van der Waals surface area contributed by atoms with Gasteiger partial charge in [-0.05, 0) is 52.6 Å². The first kappa shape index (κ1) is 19.9. The Bertz CT molecular complexity index is 1260. The Labute approximate surface area is 173 Å². The molecule has 1 atom stereocenters. The van der Waals surface area contributed by atoms with E-state index in [-0.39, 0.29) is 10.0 Å². The molecule has 1 heterocycles. The summed E-state index contributed by atoms with van der Waals surface area (Å²) in [5, 5.41) is 1.88. The number of fused-ring (bicyclic) bond motifs is 1. The van der Waals surface area contributed by atoms with Crippen molar-refractivity contribution < 1.29 is 17.6 Å². The third kappa shape index (κ3) is 3.51. The summed E-state index contributed by atoms with van der Waals surface area (Å²) in [6, 6.07) is 19.9. The van der Waals surface area contributed by atoms with Gasteiger partial charge in [0.25, 0.3) is 0 Å². The van der Waals surface area contributed by atoms with E-state index in [2.05, 4.69) is 0 Å². The van der Waals surface area contributed by atoms with E-state index in [0.29, 0.717) is 16.7 Å². The van der Waals surface area contributed by atoms with Crippen LogP contribution in [0.3, 0.4) is 0 Å². The molecule has 1 aliphatic rings. The second-order valence-electron chi connectivity index (χ2n) is 7.36. The number of benzene rings is 3. The van der Waals surface area contributed by atoms with Gasteiger partial charge in [-0.25, -0.2) is 12.8 Å². The minimum absolute atomic E-state index is 0.178. The lowest BCUT2D eigenvalue weighted by Crippen LogP contribution is -2.22. The zero-order chi connectivity index (χ0) is 20.8. The summed E-state index contributed by atoms with van der Waals surface area (Å²) in [4.78, 5) is 13.1. The predicted octanol–water partition coefficient (Wildman–Crippen LogP) is 5.16. The van der Waals surface area contributed by atoms with Gasteiger partial charge in [-0.2, -0.15) is 0 Å². The van der Waals surface area contributed by atoms with Crippen LogP contribution in [0, 0.1) is 0 Å². The Hall–Kier alpha value is -2.44. The van der Waals surface area contributed by atoms with Crippen molar-refractivity contribution in [3.05, 3.63) is 77.9 Å². The third-order valence-corrected chi connectivity index (χ3v) is 7.45. The lowest BCUT2D eigenvalue weighted by Gasteiger charge is -2.23. The molecule has 1 unspecified atom stereocenters. The van der Waals surface area contributed by atoms with Gasteiger partial charge in [0.1, 0.15) is 6.67 Å². The lowest BCUT2D eigenvalue weighted by atomic mass is 9.87. The summed E-state index contributed by atoms with van der Waals surface area (Å²) in [5.41, 5.74) is 2.47. The van der Waals surface area contributed by atoms with Gasteiger partial charge in [0.15, 0.2) is 9.84 Å². The number of sulfone groups is 1. The van der Waals surface area contributed by atoms with Crippen molar-refractivity contribution in [1.82, 2.24) is 0 Å². The van der Waals surface area contributed by atoms with E-state index in [9.17, 15) is 17.6 Å². The molecule has 148 valence electrons. The van der Waals surface area contributed by atoms with Gasteiger partial charge in [-0.15, -0.1) is 0 Å². The molecule has 0 spiro atoms. The normalized spacial score (nSPS) is 19.9. The molecule has 0 aromatic heterocycles. The Morgan fingerprint density at radius 3 is 2.17 bits per heavy atom.